The van der Waals surface area contributed by atoms with Crippen LogP contribution in [0.5, 0.6) is 0 Å². The minimum absolute atomic E-state index is 0.187. The van der Waals surface area contributed by atoms with Gasteiger partial charge in [-0.15, -0.1) is 0 Å². The molecule has 0 aromatic heterocycles. The van der Waals surface area contributed by atoms with Crippen molar-refractivity contribution in [1.82, 2.24) is 4.90 Å². The molecule has 0 aromatic carbocycles. The molecule has 0 spiro atoms. The van der Waals surface area contributed by atoms with Crippen molar-refractivity contribution in [2.75, 3.05) is 51.0 Å². The molecular weight excluding hydrogens is 230 g/mol. The summed E-state index contributed by atoms with van der Waals surface area (Å²) in [5.41, 5.74) is 0. The summed E-state index contributed by atoms with van der Waals surface area (Å²) < 4.78 is 33.3. The maximum atomic E-state index is 11.2. The Bertz CT molecular complexity index is 297. The Hall–Kier alpha value is -0.170. The van der Waals surface area contributed by atoms with Gasteiger partial charge in [-0.1, -0.05) is 0 Å². The predicted octanol–water partition coefficient (Wildman–Crippen LogP) is -0.478. The van der Waals surface area contributed by atoms with Gasteiger partial charge >= 0.3 is 0 Å². The Morgan fingerprint density at radius 1 is 1.19 bits per heavy atom. The molecule has 16 heavy (non-hydrogen) atoms. The van der Waals surface area contributed by atoms with Gasteiger partial charge in [0.15, 0.2) is 9.84 Å². The van der Waals surface area contributed by atoms with Crippen molar-refractivity contribution in [2.45, 2.75) is 12.5 Å². The molecule has 2 heterocycles. The van der Waals surface area contributed by atoms with Crippen LogP contribution in [0.1, 0.15) is 6.42 Å². The summed E-state index contributed by atoms with van der Waals surface area (Å²) in [7, 11) is -2.76. The summed E-state index contributed by atoms with van der Waals surface area (Å²) in [6.07, 6.45) is 1.12. The third-order valence-electron chi connectivity index (χ3n) is 3.09. The lowest BCUT2D eigenvalue weighted by Gasteiger charge is -2.29. The van der Waals surface area contributed by atoms with Gasteiger partial charge in [-0.3, -0.25) is 0 Å². The highest BCUT2D eigenvalue weighted by Crippen LogP contribution is 2.09. The fourth-order valence-corrected chi connectivity index (χ4v) is 3.28. The van der Waals surface area contributed by atoms with Gasteiger partial charge < -0.3 is 14.4 Å². The van der Waals surface area contributed by atoms with Crippen molar-refractivity contribution in [3.8, 4) is 0 Å². The molecule has 2 saturated heterocycles. The van der Waals surface area contributed by atoms with Gasteiger partial charge in [0, 0.05) is 19.6 Å². The molecule has 2 rings (SSSR count). The number of rotatable bonds is 3. The first kappa shape index (κ1) is 12.3. The molecule has 1 atom stereocenters. The Morgan fingerprint density at radius 2 is 1.94 bits per heavy atom. The van der Waals surface area contributed by atoms with Crippen molar-refractivity contribution in [3.63, 3.8) is 0 Å². The molecule has 0 amide bonds. The molecule has 0 aromatic rings. The molecule has 0 radical (unpaired) electrons. The van der Waals surface area contributed by atoms with Crippen molar-refractivity contribution in [2.24, 2.45) is 0 Å². The van der Waals surface area contributed by atoms with E-state index in [-0.39, 0.29) is 6.10 Å². The Labute approximate surface area is 96.6 Å². The van der Waals surface area contributed by atoms with Crippen LogP contribution in [-0.2, 0) is 19.3 Å². The second-order valence-electron chi connectivity index (χ2n) is 4.35. The SMILES string of the molecule is O=S1(=O)CCN(CCC2COCCO2)CC1. The first-order valence-corrected chi connectivity index (χ1v) is 7.60. The Morgan fingerprint density at radius 3 is 2.56 bits per heavy atom. The maximum absolute atomic E-state index is 11.2. The fraction of sp³-hybridized carbons (Fsp3) is 1.00. The lowest BCUT2D eigenvalue weighted by Crippen LogP contribution is -2.42. The molecular formula is C10H19NO4S. The molecule has 2 aliphatic heterocycles. The van der Waals surface area contributed by atoms with Crippen molar-refractivity contribution in [3.05, 3.63) is 0 Å². The largest absolute Gasteiger partial charge is 0.376 e. The zero-order valence-electron chi connectivity index (χ0n) is 9.43. The van der Waals surface area contributed by atoms with Gasteiger partial charge in [0.25, 0.3) is 0 Å². The summed E-state index contributed by atoms with van der Waals surface area (Å²) in [5, 5.41) is 0. The van der Waals surface area contributed by atoms with E-state index in [2.05, 4.69) is 4.90 Å². The average molecular weight is 249 g/mol. The smallest absolute Gasteiger partial charge is 0.152 e. The van der Waals surface area contributed by atoms with Crippen LogP contribution in [0.4, 0.5) is 0 Å². The van der Waals surface area contributed by atoms with Crippen LogP contribution in [0.3, 0.4) is 0 Å². The second kappa shape index (κ2) is 5.44. The van der Waals surface area contributed by atoms with Crippen molar-refractivity contribution in [1.29, 1.82) is 0 Å². The fourth-order valence-electron chi connectivity index (χ4n) is 2.00. The van der Waals surface area contributed by atoms with Crippen LogP contribution in [0.2, 0.25) is 0 Å². The molecule has 0 saturated carbocycles. The molecule has 0 aliphatic carbocycles. The minimum atomic E-state index is -2.76. The van der Waals surface area contributed by atoms with E-state index >= 15 is 0 Å². The van der Waals surface area contributed by atoms with Gasteiger partial charge in [0.2, 0.25) is 0 Å². The lowest BCUT2D eigenvalue weighted by molar-refractivity contribution is -0.0925. The summed E-state index contributed by atoms with van der Waals surface area (Å²) in [5.74, 6) is 0.601. The number of sulfone groups is 1. The highest BCUT2D eigenvalue weighted by Gasteiger charge is 2.22. The van der Waals surface area contributed by atoms with Gasteiger partial charge in [-0.2, -0.15) is 0 Å². The molecule has 0 bridgehead atoms. The summed E-state index contributed by atoms with van der Waals surface area (Å²) in [4.78, 5) is 2.19. The highest BCUT2D eigenvalue weighted by atomic mass is 32.2. The third kappa shape index (κ3) is 3.69. The Kier molecular flexibility index (Phi) is 4.18. The van der Waals surface area contributed by atoms with Crippen LogP contribution < -0.4 is 0 Å². The van der Waals surface area contributed by atoms with Gasteiger partial charge in [0.05, 0.1) is 37.4 Å². The van der Waals surface area contributed by atoms with Crippen LogP contribution >= 0.6 is 0 Å². The van der Waals surface area contributed by atoms with E-state index in [1.165, 1.54) is 0 Å². The van der Waals surface area contributed by atoms with Crippen LogP contribution in [0.15, 0.2) is 0 Å². The van der Waals surface area contributed by atoms with Crippen LogP contribution in [-0.4, -0.2) is 70.4 Å². The molecule has 94 valence electrons. The molecule has 5 nitrogen and oxygen atoms in total. The monoisotopic (exact) mass is 249 g/mol. The van der Waals surface area contributed by atoms with E-state index in [0.717, 1.165) is 13.0 Å². The van der Waals surface area contributed by atoms with Crippen molar-refractivity contribution >= 4 is 9.84 Å². The van der Waals surface area contributed by atoms with Crippen molar-refractivity contribution < 1.29 is 17.9 Å². The van der Waals surface area contributed by atoms with Crippen LogP contribution in [0, 0.1) is 0 Å². The van der Waals surface area contributed by atoms with E-state index < -0.39 is 9.84 Å². The molecule has 0 N–H and O–H groups in total. The van der Waals surface area contributed by atoms with E-state index in [4.69, 9.17) is 9.47 Å². The normalized spacial score (nSPS) is 31.4. The predicted molar refractivity (Wildman–Crippen MR) is 60.3 cm³/mol. The second-order valence-corrected chi connectivity index (χ2v) is 6.65. The summed E-state index contributed by atoms with van der Waals surface area (Å²) in [6.45, 7) is 4.28. The number of nitrogens with zero attached hydrogens (tertiary/aromatic N) is 1. The number of ether oxygens (including phenoxy) is 2. The maximum Gasteiger partial charge on any atom is 0.152 e. The number of hydrogen-bond acceptors (Lipinski definition) is 5. The summed E-state index contributed by atoms with van der Waals surface area (Å²) >= 11 is 0. The first-order chi connectivity index (χ1) is 7.66. The highest BCUT2D eigenvalue weighted by molar-refractivity contribution is 7.91. The third-order valence-corrected chi connectivity index (χ3v) is 4.70. The standard InChI is InChI=1S/C10H19NO4S/c12-16(13)7-3-11(4-8-16)2-1-10-9-14-5-6-15-10/h10H,1-9H2. The molecule has 1 unspecified atom stereocenters. The van der Waals surface area contributed by atoms with Gasteiger partial charge in [-0.25, -0.2) is 8.42 Å². The summed E-state index contributed by atoms with van der Waals surface area (Å²) in [6, 6.07) is 0. The average Bonchev–Trinajstić information content (AvgIpc) is 2.29. The topological polar surface area (TPSA) is 55.8 Å². The molecule has 6 heteroatoms. The quantitative estimate of drug-likeness (QED) is 0.676. The minimum Gasteiger partial charge on any atom is -0.376 e. The Balaban J connectivity index is 1.67. The number of hydrogen-bond donors (Lipinski definition) is 0. The first-order valence-electron chi connectivity index (χ1n) is 5.78. The molecule has 2 fully saturated rings. The zero-order valence-corrected chi connectivity index (χ0v) is 10.2. The van der Waals surface area contributed by atoms with Gasteiger partial charge in [0.1, 0.15) is 0 Å². The van der Waals surface area contributed by atoms with E-state index in [9.17, 15) is 8.42 Å². The van der Waals surface area contributed by atoms with Gasteiger partial charge in [-0.05, 0) is 6.42 Å². The van der Waals surface area contributed by atoms with E-state index in [1.807, 2.05) is 0 Å². The molecule has 2 aliphatic rings. The lowest BCUT2D eigenvalue weighted by atomic mass is 10.2. The van der Waals surface area contributed by atoms with Crippen LogP contribution in [0.25, 0.3) is 0 Å². The van der Waals surface area contributed by atoms with E-state index in [0.29, 0.717) is 44.4 Å². The zero-order chi connectivity index (χ0) is 11.4. The van der Waals surface area contributed by atoms with E-state index in [1.54, 1.807) is 0 Å².